The molecule has 9 nitrogen and oxygen atoms in total. The maximum Gasteiger partial charge on any atom is 0.290 e. The van der Waals surface area contributed by atoms with Crippen molar-refractivity contribution in [3.63, 3.8) is 0 Å². The van der Waals surface area contributed by atoms with Gasteiger partial charge in [0.2, 0.25) is 5.76 Å². The number of carbonyl (C=O) groups is 1. The average molecular weight is 495 g/mol. The third-order valence-corrected chi connectivity index (χ3v) is 6.88. The van der Waals surface area contributed by atoms with Crippen molar-refractivity contribution in [3.05, 3.63) is 63.5 Å². The summed E-state index contributed by atoms with van der Waals surface area (Å²) in [4.78, 5) is 31.5. The molecule has 1 saturated heterocycles. The van der Waals surface area contributed by atoms with E-state index in [1.807, 2.05) is 12.1 Å². The molecule has 190 valence electrons. The highest BCUT2D eigenvalue weighted by molar-refractivity contribution is 5.99. The predicted octanol–water partition coefficient (Wildman–Crippen LogP) is 3.09. The van der Waals surface area contributed by atoms with E-state index in [1.165, 1.54) is 0 Å². The number of morpholine rings is 1. The number of amides is 1. The number of ether oxygens (including phenoxy) is 4. The van der Waals surface area contributed by atoms with Gasteiger partial charge in [-0.3, -0.25) is 14.5 Å². The Morgan fingerprint density at radius 2 is 1.69 bits per heavy atom. The third-order valence-electron chi connectivity index (χ3n) is 6.88. The Labute approximate surface area is 209 Å². The van der Waals surface area contributed by atoms with E-state index in [2.05, 4.69) is 4.90 Å². The van der Waals surface area contributed by atoms with Crippen LogP contribution in [0.15, 0.2) is 45.6 Å². The fourth-order valence-corrected chi connectivity index (χ4v) is 5.02. The van der Waals surface area contributed by atoms with E-state index >= 15 is 0 Å². The van der Waals surface area contributed by atoms with Gasteiger partial charge in [0.15, 0.2) is 16.9 Å². The molecule has 2 aromatic carbocycles. The topological polar surface area (TPSA) is 90.7 Å². The molecule has 0 bridgehead atoms. The summed E-state index contributed by atoms with van der Waals surface area (Å²) in [5.41, 5.74) is 1.20. The minimum atomic E-state index is -0.597. The molecule has 0 N–H and O–H groups in total. The summed E-state index contributed by atoms with van der Waals surface area (Å²) in [5, 5.41) is 0.406. The van der Waals surface area contributed by atoms with Crippen molar-refractivity contribution >= 4 is 16.9 Å². The molecule has 1 aromatic heterocycles. The summed E-state index contributed by atoms with van der Waals surface area (Å²) in [6, 6.07) is 9.90. The highest BCUT2D eigenvalue weighted by Gasteiger charge is 2.42. The molecule has 0 unspecified atom stereocenters. The summed E-state index contributed by atoms with van der Waals surface area (Å²) in [6.07, 6.45) is 0.755. The first-order chi connectivity index (χ1) is 17.5. The van der Waals surface area contributed by atoms with Gasteiger partial charge < -0.3 is 28.3 Å². The Morgan fingerprint density at radius 1 is 0.917 bits per heavy atom. The lowest BCUT2D eigenvalue weighted by molar-refractivity contribution is 0.0353. The van der Waals surface area contributed by atoms with E-state index in [1.54, 1.807) is 50.5 Å². The highest BCUT2D eigenvalue weighted by atomic mass is 16.5. The number of methoxy groups -OCH3 is 3. The molecular weight excluding hydrogens is 464 g/mol. The van der Waals surface area contributed by atoms with E-state index in [0.29, 0.717) is 40.3 Å². The van der Waals surface area contributed by atoms with Gasteiger partial charge in [0.05, 0.1) is 51.5 Å². The summed E-state index contributed by atoms with van der Waals surface area (Å²) in [7, 11) is 4.67. The number of rotatable bonds is 8. The van der Waals surface area contributed by atoms with Gasteiger partial charge in [-0.1, -0.05) is 6.07 Å². The Kier molecular flexibility index (Phi) is 6.84. The smallest absolute Gasteiger partial charge is 0.290 e. The van der Waals surface area contributed by atoms with Gasteiger partial charge in [-0.05, 0) is 36.2 Å². The van der Waals surface area contributed by atoms with Gasteiger partial charge in [-0.25, -0.2) is 0 Å². The van der Waals surface area contributed by atoms with Gasteiger partial charge in [0.25, 0.3) is 5.91 Å². The second-order valence-electron chi connectivity index (χ2n) is 8.86. The average Bonchev–Trinajstić information content (AvgIpc) is 3.20. The summed E-state index contributed by atoms with van der Waals surface area (Å²) in [5.74, 6) is 1.43. The van der Waals surface area contributed by atoms with Crippen LogP contribution in [0.4, 0.5) is 0 Å². The predicted molar refractivity (Wildman–Crippen MR) is 133 cm³/mol. The molecule has 0 aliphatic carbocycles. The Morgan fingerprint density at radius 3 is 2.42 bits per heavy atom. The van der Waals surface area contributed by atoms with Crippen LogP contribution in [0.5, 0.6) is 17.2 Å². The quantitative estimate of drug-likeness (QED) is 0.472. The Hall–Kier alpha value is -3.56. The molecule has 0 spiro atoms. The van der Waals surface area contributed by atoms with Crippen LogP contribution in [0.1, 0.15) is 34.1 Å². The molecule has 0 radical (unpaired) electrons. The highest BCUT2D eigenvalue weighted by Crippen LogP contribution is 2.41. The number of benzene rings is 2. The second-order valence-corrected chi connectivity index (χ2v) is 8.86. The second kappa shape index (κ2) is 10.2. The van der Waals surface area contributed by atoms with Crippen LogP contribution in [0.2, 0.25) is 0 Å². The monoisotopic (exact) mass is 494 g/mol. The van der Waals surface area contributed by atoms with Crippen molar-refractivity contribution in [2.75, 3.05) is 60.7 Å². The normalized spacial score (nSPS) is 17.9. The fraction of sp³-hybridized carbons (Fsp3) is 0.407. The van der Waals surface area contributed by atoms with Crippen LogP contribution in [0.25, 0.3) is 11.0 Å². The summed E-state index contributed by atoms with van der Waals surface area (Å²) < 4.78 is 27.7. The fourth-order valence-electron chi connectivity index (χ4n) is 5.02. The zero-order valence-corrected chi connectivity index (χ0v) is 20.7. The number of nitrogens with zero attached hydrogens (tertiary/aromatic N) is 2. The summed E-state index contributed by atoms with van der Waals surface area (Å²) >= 11 is 0. The zero-order chi connectivity index (χ0) is 25.2. The Balaban J connectivity index is 1.57. The molecule has 5 rings (SSSR count). The third kappa shape index (κ3) is 4.29. The first kappa shape index (κ1) is 24.1. The SMILES string of the molecule is COc1ccc2c(=O)c3c(oc2c1)C(=O)N(CCCN1CCOCC1)[C@H]3c1ccc(OC)c(OC)c1. The lowest BCUT2D eigenvalue weighted by Crippen LogP contribution is -2.38. The van der Waals surface area contributed by atoms with Crippen molar-refractivity contribution in [3.8, 4) is 17.2 Å². The van der Waals surface area contributed by atoms with E-state index in [-0.39, 0.29) is 17.1 Å². The summed E-state index contributed by atoms with van der Waals surface area (Å²) in [6.45, 7) is 4.50. The molecule has 3 aromatic rings. The van der Waals surface area contributed by atoms with Crippen LogP contribution in [-0.4, -0.2) is 76.4 Å². The lowest BCUT2D eigenvalue weighted by Gasteiger charge is -2.29. The number of fused-ring (bicyclic) bond motifs is 2. The van der Waals surface area contributed by atoms with Crippen molar-refractivity contribution < 1.29 is 28.2 Å². The van der Waals surface area contributed by atoms with Gasteiger partial charge in [0.1, 0.15) is 11.3 Å². The Bertz CT molecular complexity index is 1330. The van der Waals surface area contributed by atoms with Crippen LogP contribution in [0.3, 0.4) is 0 Å². The van der Waals surface area contributed by atoms with Crippen LogP contribution in [0, 0.1) is 0 Å². The van der Waals surface area contributed by atoms with Crippen LogP contribution >= 0.6 is 0 Å². The van der Waals surface area contributed by atoms with Crippen molar-refractivity contribution in [1.29, 1.82) is 0 Å². The van der Waals surface area contributed by atoms with E-state index < -0.39 is 6.04 Å². The molecule has 1 atom stereocenters. The molecule has 2 aliphatic heterocycles. The number of hydrogen-bond acceptors (Lipinski definition) is 8. The van der Waals surface area contributed by atoms with Crippen molar-refractivity contribution in [2.45, 2.75) is 12.5 Å². The van der Waals surface area contributed by atoms with Gasteiger partial charge in [0, 0.05) is 32.2 Å². The zero-order valence-electron chi connectivity index (χ0n) is 20.7. The van der Waals surface area contributed by atoms with Gasteiger partial charge in [-0.2, -0.15) is 0 Å². The molecule has 0 saturated carbocycles. The van der Waals surface area contributed by atoms with Gasteiger partial charge >= 0.3 is 0 Å². The molecule has 1 fully saturated rings. The van der Waals surface area contributed by atoms with E-state index in [9.17, 15) is 9.59 Å². The van der Waals surface area contributed by atoms with Crippen LogP contribution < -0.4 is 19.6 Å². The maximum absolute atomic E-state index is 13.7. The molecule has 9 heteroatoms. The van der Waals surface area contributed by atoms with Crippen LogP contribution in [-0.2, 0) is 4.74 Å². The minimum absolute atomic E-state index is 0.0758. The number of hydrogen-bond donors (Lipinski definition) is 0. The molecule has 1 amide bonds. The number of carbonyl (C=O) groups excluding carboxylic acids is 1. The van der Waals surface area contributed by atoms with Gasteiger partial charge in [-0.15, -0.1) is 0 Å². The standard InChI is InChI=1S/C27H30N2O7/c1-32-18-6-7-19-21(16-18)36-26-23(25(19)30)24(17-5-8-20(33-2)22(15-17)34-3)29(27(26)31)10-4-9-28-11-13-35-14-12-28/h5-8,15-16,24H,4,9-14H2,1-3H3/t24-/m0/s1. The molecule has 2 aliphatic rings. The van der Waals surface area contributed by atoms with Crippen molar-refractivity contribution in [2.24, 2.45) is 0 Å². The lowest BCUT2D eigenvalue weighted by atomic mass is 9.98. The first-order valence-corrected chi connectivity index (χ1v) is 12.0. The first-order valence-electron chi connectivity index (χ1n) is 12.0. The molecule has 3 heterocycles. The van der Waals surface area contributed by atoms with E-state index in [4.69, 9.17) is 23.4 Å². The molecular formula is C27H30N2O7. The largest absolute Gasteiger partial charge is 0.497 e. The maximum atomic E-state index is 13.7. The minimum Gasteiger partial charge on any atom is -0.497 e. The van der Waals surface area contributed by atoms with E-state index in [0.717, 1.165) is 44.8 Å². The van der Waals surface area contributed by atoms with Crippen molar-refractivity contribution in [1.82, 2.24) is 9.80 Å². The molecule has 36 heavy (non-hydrogen) atoms.